The molecule has 2 saturated heterocycles. The summed E-state index contributed by atoms with van der Waals surface area (Å²) < 4.78 is 52.8. The van der Waals surface area contributed by atoms with Crippen molar-refractivity contribution in [3.63, 3.8) is 0 Å². The van der Waals surface area contributed by atoms with Crippen molar-refractivity contribution in [2.45, 2.75) is 42.2 Å². The van der Waals surface area contributed by atoms with Crippen LogP contribution in [0.5, 0.6) is 0 Å². The van der Waals surface area contributed by atoms with Gasteiger partial charge in [0.25, 0.3) is 0 Å². The van der Waals surface area contributed by atoms with Crippen LogP contribution < -0.4 is 0 Å². The molecule has 0 spiro atoms. The van der Waals surface area contributed by atoms with E-state index in [0.29, 0.717) is 6.42 Å². The molecule has 7 nitrogen and oxygen atoms in total. The molecule has 1 aromatic carbocycles. The molecule has 2 unspecified atom stereocenters. The predicted molar refractivity (Wildman–Crippen MR) is 84.2 cm³/mol. The largest absolute Gasteiger partial charge is 0.378 e. The van der Waals surface area contributed by atoms with E-state index in [1.165, 1.54) is 0 Å². The molecule has 0 aromatic heterocycles. The van der Waals surface area contributed by atoms with Crippen LogP contribution in [0, 0.1) is 0 Å². The third kappa shape index (κ3) is 3.79. The fourth-order valence-corrected chi connectivity index (χ4v) is 4.29. The Balaban J connectivity index is 1.68. The lowest BCUT2D eigenvalue weighted by Gasteiger charge is -2.44. The van der Waals surface area contributed by atoms with Gasteiger partial charge in [0.15, 0.2) is 22.4 Å². The standard InChI is InChI=1S/C16H22O7S/c1-19-12-8-14(20-2)22-13-9-21-15(23-16(12)13)10-24(17,18)11-6-4-3-5-7-11/h3-7,12-16H,8-10H2,1-2H3/t12-,13-,14?,15?,16+/m1/s1. The molecule has 0 bridgehead atoms. The van der Waals surface area contributed by atoms with E-state index in [4.69, 9.17) is 23.7 Å². The van der Waals surface area contributed by atoms with E-state index < -0.39 is 16.1 Å². The Kier molecular flexibility index (Phi) is 5.53. The molecule has 0 amide bonds. The quantitative estimate of drug-likeness (QED) is 0.776. The second kappa shape index (κ2) is 7.47. The third-order valence-electron chi connectivity index (χ3n) is 4.26. The molecule has 2 aliphatic heterocycles. The smallest absolute Gasteiger partial charge is 0.183 e. The molecular weight excluding hydrogens is 336 g/mol. The molecular formula is C16H22O7S. The van der Waals surface area contributed by atoms with Crippen molar-refractivity contribution >= 4 is 9.84 Å². The summed E-state index contributed by atoms with van der Waals surface area (Å²) in [6.07, 6.45) is -1.67. The predicted octanol–water partition coefficient (Wildman–Crippen LogP) is 0.978. The average molecular weight is 358 g/mol. The van der Waals surface area contributed by atoms with Gasteiger partial charge in [-0.25, -0.2) is 8.42 Å². The molecule has 2 heterocycles. The fourth-order valence-electron chi connectivity index (χ4n) is 2.99. The van der Waals surface area contributed by atoms with Gasteiger partial charge in [-0.2, -0.15) is 0 Å². The van der Waals surface area contributed by atoms with Crippen molar-refractivity contribution < 1.29 is 32.1 Å². The van der Waals surface area contributed by atoms with E-state index in [9.17, 15) is 8.42 Å². The summed E-state index contributed by atoms with van der Waals surface area (Å²) in [6, 6.07) is 8.27. The number of ether oxygens (including phenoxy) is 5. The van der Waals surface area contributed by atoms with Gasteiger partial charge in [0.1, 0.15) is 18.0 Å². The highest BCUT2D eigenvalue weighted by molar-refractivity contribution is 7.91. The van der Waals surface area contributed by atoms with Crippen molar-refractivity contribution in [1.82, 2.24) is 0 Å². The van der Waals surface area contributed by atoms with Gasteiger partial charge in [0.05, 0.1) is 17.6 Å². The normalized spacial score (nSPS) is 33.8. The topological polar surface area (TPSA) is 80.3 Å². The molecule has 0 aliphatic carbocycles. The second-order valence-electron chi connectivity index (χ2n) is 5.81. The Bertz CT molecular complexity index is 625. The molecule has 24 heavy (non-hydrogen) atoms. The number of hydrogen-bond donors (Lipinski definition) is 0. The van der Waals surface area contributed by atoms with Gasteiger partial charge in [0.2, 0.25) is 0 Å². The number of fused-ring (bicyclic) bond motifs is 1. The molecule has 5 atom stereocenters. The van der Waals surface area contributed by atoms with Crippen LogP contribution in [0.25, 0.3) is 0 Å². The molecule has 2 fully saturated rings. The van der Waals surface area contributed by atoms with Gasteiger partial charge in [-0.05, 0) is 12.1 Å². The Morgan fingerprint density at radius 3 is 2.54 bits per heavy atom. The highest BCUT2D eigenvalue weighted by atomic mass is 32.2. The highest BCUT2D eigenvalue weighted by Gasteiger charge is 2.45. The zero-order valence-corrected chi connectivity index (χ0v) is 14.5. The molecule has 0 saturated carbocycles. The van der Waals surface area contributed by atoms with E-state index in [0.717, 1.165) is 0 Å². The Hall–Kier alpha value is -1.03. The SMILES string of the molecule is COC1C[C@@H](OC)[C@@H]2OC(CS(=O)(=O)c3ccccc3)OC[C@H]2O1. The van der Waals surface area contributed by atoms with E-state index in [-0.39, 0.29) is 41.9 Å². The summed E-state index contributed by atoms with van der Waals surface area (Å²) in [5, 5.41) is 0. The first-order valence-corrected chi connectivity index (χ1v) is 9.44. The third-order valence-corrected chi connectivity index (χ3v) is 5.96. The minimum absolute atomic E-state index is 0.235. The maximum Gasteiger partial charge on any atom is 0.183 e. The van der Waals surface area contributed by atoms with E-state index >= 15 is 0 Å². The Morgan fingerprint density at radius 1 is 1.12 bits per heavy atom. The second-order valence-corrected chi connectivity index (χ2v) is 7.84. The number of benzene rings is 1. The summed E-state index contributed by atoms with van der Waals surface area (Å²) in [5.74, 6) is -0.246. The number of hydrogen-bond acceptors (Lipinski definition) is 7. The van der Waals surface area contributed by atoms with Gasteiger partial charge in [-0.1, -0.05) is 18.2 Å². The van der Waals surface area contributed by atoms with Crippen LogP contribution in [0.4, 0.5) is 0 Å². The maximum absolute atomic E-state index is 12.5. The fraction of sp³-hybridized carbons (Fsp3) is 0.625. The zero-order valence-electron chi connectivity index (χ0n) is 13.7. The molecule has 1 aromatic rings. The van der Waals surface area contributed by atoms with Gasteiger partial charge in [-0.15, -0.1) is 0 Å². The van der Waals surface area contributed by atoms with Gasteiger partial charge < -0.3 is 23.7 Å². The van der Waals surface area contributed by atoms with Gasteiger partial charge in [0, 0.05) is 20.6 Å². The Morgan fingerprint density at radius 2 is 1.88 bits per heavy atom. The molecule has 134 valence electrons. The summed E-state index contributed by atoms with van der Waals surface area (Å²) in [7, 11) is -0.335. The van der Waals surface area contributed by atoms with Crippen molar-refractivity contribution in [1.29, 1.82) is 0 Å². The Labute approximate surface area is 141 Å². The summed E-state index contributed by atoms with van der Waals surface area (Å²) in [4.78, 5) is 0.252. The van der Waals surface area contributed by atoms with Crippen molar-refractivity contribution in [3.05, 3.63) is 30.3 Å². The minimum atomic E-state index is -3.49. The number of sulfone groups is 1. The first-order valence-electron chi connectivity index (χ1n) is 7.79. The molecule has 8 heteroatoms. The summed E-state index contributed by atoms with van der Waals surface area (Å²) in [5.41, 5.74) is 0. The van der Waals surface area contributed by atoms with Gasteiger partial charge in [-0.3, -0.25) is 0 Å². The van der Waals surface area contributed by atoms with Crippen LogP contribution in [0.15, 0.2) is 35.2 Å². The van der Waals surface area contributed by atoms with Crippen LogP contribution in [-0.4, -0.2) is 65.9 Å². The van der Waals surface area contributed by atoms with E-state index in [1.54, 1.807) is 44.6 Å². The number of methoxy groups -OCH3 is 2. The lowest BCUT2D eigenvalue weighted by atomic mass is 10.0. The molecule has 2 aliphatic rings. The first kappa shape index (κ1) is 17.8. The minimum Gasteiger partial charge on any atom is -0.378 e. The van der Waals surface area contributed by atoms with Crippen molar-refractivity contribution in [2.75, 3.05) is 26.6 Å². The van der Waals surface area contributed by atoms with Crippen LogP contribution in [-0.2, 0) is 33.5 Å². The molecule has 0 radical (unpaired) electrons. The highest BCUT2D eigenvalue weighted by Crippen LogP contribution is 2.30. The lowest BCUT2D eigenvalue weighted by molar-refractivity contribution is -0.328. The summed E-state index contributed by atoms with van der Waals surface area (Å²) in [6.45, 7) is 0.235. The molecule has 0 N–H and O–H groups in total. The number of rotatable bonds is 5. The van der Waals surface area contributed by atoms with Crippen molar-refractivity contribution in [3.8, 4) is 0 Å². The van der Waals surface area contributed by atoms with Gasteiger partial charge >= 0.3 is 0 Å². The van der Waals surface area contributed by atoms with Crippen molar-refractivity contribution in [2.24, 2.45) is 0 Å². The van der Waals surface area contributed by atoms with Crippen LogP contribution in [0.3, 0.4) is 0 Å². The zero-order chi connectivity index (χ0) is 17.2. The van der Waals surface area contributed by atoms with Crippen LogP contribution in [0.2, 0.25) is 0 Å². The first-order chi connectivity index (χ1) is 11.5. The van der Waals surface area contributed by atoms with E-state index in [1.807, 2.05) is 0 Å². The van der Waals surface area contributed by atoms with E-state index in [2.05, 4.69) is 0 Å². The maximum atomic E-state index is 12.5. The van der Waals surface area contributed by atoms with Crippen LogP contribution in [0.1, 0.15) is 6.42 Å². The van der Waals surface area contributed by atoms with Crippen LogP contribution >= 0.6 is 0 Å². The molecule has 3 rings (SSSR count). The monoisotopic (exact) mass is 358 g/mol. The lowest BCUT2D eigenvalue weighted by Crippen LogP contribution is -2.58. The average Bonchev–Trinajstić information content (AvgIpc) is 2.61. The summed E-state index contributed by atoms with van der Waals surface area (Å²) >= 11 is 0.